The highest BCUT2D eigenvalue weighted by Gasteiger charge is 2.06. The van der Waals surface area contributed by atoms with Crippen molar-refractivity contribution in [3.05, 3.63) is 53.6 Å². The van der Waals surface area contributed by atoms with E-state index >= 15 is 0 Å². The molecule has 0 heterocycles. The summed E-state index contributed by atoms with van der Waals surface area (Å²) in [4.78, 5) is 11.2. The third kappa shape index (κ3) is 3.09. The second-order valence-corrected chi connectivity index (χ2v) is 5.07. The number of hydrogen-bond acceptors (Lipinski definition) is 3. The quantitative estimate of drug-likeness (QED) is 0.745. The van der Waals surface area contributed by atoms with Gasteiger partial charge in [-0.05, 0) is 41.8 Å². The summed E-state index contributed by atoms with van der Waals surface area (Å²) in [5.74, 6) is -0.0185. The predicted molar refractivity (Wildman–Crippen MR) is 83.2 cm³/mol. The molecule has 0 aromatic heterocycles. The van der Waals surface area contributed by atoms with E-state index in [1.165, 1.54) is 5.56 Å². The van der Waals surface area contributed by atoms with Gasteiger partial charge in [0.1, 0.15) is 0 Å². The van der Waals surface area contributed by atoms with Crippen molar-refractivity contribution >= 4 is 23.0 Å². The highest BCUT2D eigenvalue weighted by atomic mass is 16.1. The summed E-state index contributed by atoms with van der Waals surface area (Å²) in [7, 11) is 0. The Hall–Kier alpha value is -2.49. The minimum absolute atomic E-state index is 0.432. The lowest BCUT2D eigenvalue weighted by atomic mass is 10.0. The maximum absolute atomic E-state index is 11.2. The molecule has 0 fully saturated rings. The first-order chi connectivity index (χ1) is 9.47. The van der Waals surface area contributed by atoms with Crippen LogP contribution in [0.25, 0.3) is 0 Å². The SMILES string of the molecule is CC(C)c1cccc(Nc2cc(C(N)=O)ccc2N)c1. The van der Waals surface area contributed by atoms with Crippen molar-refractivity contribution in [2.45, 2.75) is 19.8 Å². The monoisotopic (exact) mass is 269 g/mol. The zero-order chi connectivity index (χ0) is 14.7. The molecular formula is C16H19N3O. The largest absolute Gasteiger partial charge is 0.397 e. The Morgan fingerprint density at radius 3 is 2.55 bits per heavy atom. The maximum atomic E-state index is 11.2. The molecule has 4 heteroatoms. The van der Waals surface area contributed by atoms with Gasteiger partial charge in [-0.25, -0.2) is 0 Å². The second kappa shape index (κ2) is 5.65. The molecule has 0 bridgehead atoms. The maximum Gasteiger partial charge on any atom is 0.248 e. The zero-order valence-corrected chi connectivity index (χ0v) is 11.7. The molecule has 2 aromatic rings. The molecule has 0 aliphatic rings. The van der Waals surface area contributed by atoms with Gasteiger partial charge in [0.15, 0.2) is 0 Å². The molecule has 104 valence electrons. The standard InChI is InChI=1S/C16H19N3O/c1-10(2)11-4-3-5-13(8-11)19-15-9-12(16(18)20)6-7-14(15)17/h3-10,19H,17H2,1-2H3,(H2,18,20). The van der Waals surface area contributed by atoms with E-state index in [2.05, 4.69) is 31.3 Å². The van der Waals surface area contributed by atoms with Crippen molar-refractivity contribution < 1.29 is 4.79 Å². The zero-order valence-electron chi connectivity index (χ0n) is 11.7. The van der Waals surface area contributed by atoms with Gasteiger partial charge in [0.05, 0.1) is 11.4 Å². The van der Waals surface area contributed by atoms with Gasteiger partial charge < -0.3 is 16.8 Å². The summed E-state index contributed by atoms with van der Waals surface area (Å²) >= 11 is 0. The molecule has 0 spiro atoms. The molecule has 2 rings (SSSR count). The van der Waals surface area contributed by atoms with E-state index in [9.17, 15) is 4.79 Å². The van der Waals surface area contributed by atoms with Gasteiger partial charge in [-0.15, -0.1) is 0 Å². The van der Waals surface area contributed by atoms with Crippen LogP contribution in [0.5, 0.6) is 0 Å². The number of nitrogen functional groups attached to an aromatic ring is 1. The van der Waals surface area contributed by atoms with Crippen LogP contribution in [0, 0.1) is 0 Å². The van der Waals surface area contributed by atoms with Crippen LogP contribution in [0.15, 0.2) is 42.5 Å². The fourth-order valence-corrected chi connectivity index (χ4v) is 1.95. The van der Waals surface area contributed by atoms with E-state index in [4.69, 9.17) is 11.5 Å². The van der Waals surface area contributed by atoms with Crippen LogP contribution in [0.4, 0.5) is 17.1 Å². The molecule has 0 saturated heterocycles. The van der Waals surface area contributed by atoms with Crippen LogP contribution in [0.1, 0.15) is 35.7 Å². The molecule has 0 aliphatic heterocycles. The average Bonchev–Trinajstić information content (AvgIpc) is 2.41. The van der Waals surface area contributed by atoms with Crippen molar-refractivity contribution in [2.75, 3.05) is 11.1 Å². The van der Waals surface area contributed by atoms with Gasteiger partial charge >= 0.3 is 0 Å². The number of hydrogen-bond donors (Lipinski definition) is 3. The highest BCUT2D eigenvalue weighted by Crippen LogP contribution is 2.26. The normalized spacial score (nSPS) is 10.6. The van der Waals surface area contributed by atoms with Crippen LogP contribution in [-0.4, -0.2) is 5.91 Å². The topological polar surface area (TPSA) is 81.1 Å². The molecule has 20 heavy (non-hydrogen) atoms. The van der Waals surface area contributed by atoms with Crippen LogP contribution >= 0.6 is 0 Å². The lowest BCUT2D eigenvalue weighted by Crippen LogP contribution is -2.11. The summed E-state index contributed by atoms with van der Waals surface area (Å²) in [5.41, 5.74) is 15.1. The molecule has 4 nitrogen and oxygen atoms in total. The van der Waals surface area contributed by atoms with Gasteiger partial charge in [-0.2, -0.15) is 0 Å². The Morgan fingerprint density at radius 2 is 1.90 bits per heavy atom. The van der Waals surface area contributed by atoms with E-state index in [0.717, 1.165) is 5.69 Å². The van der Waals surface area contributed by atoms with Crippen LogP contribution in [0.2, 0.25) is 0 Å². The Morgan fingerprint density at radius 1 is 1.15 bits per heavy atom. The molecule has 5 N–H and O–H groups in total. The van der Waals surface area contributed by atoms with Crippen molar-refractivity contribution in [2.24, 2.45) is 5.73 Å². The third-order valence-electron chi connectivity index (χ3n) is 3.17. The van der Waals surface area contributed by atoms with Crippen molar-refractivity contribution in [1.29, 1.82) is 0 Å². The fraction of sp³-hybridized carbons (Fsp3) is 0.188. The lowest BCUT2D eigenvalue weighted by Gasteiger charge is -2.13. The number of nitrogens with two attached hydrogens (primary N) is 2. The molecule has 0 radical (unpaired) electrons. The van der Waals surface area contributed by atoms with Crippen molar-refractivity contribution in [3.63, 3.8) is 0 Å². The number of anilines is 3. The number of benzene rings is 2. The van der Waals surface area contributed by atoms with Crippen LogP contribution < -0.4 is 16.8 Å². The van der Waals surface area contributed by atoms with Crippen molar-refractivity contribution in [3.8, 4) is 0 Å². The molecule has 0 atom stereocenters. The van der Waals surface area contributed by atoms with Crippen LogP contribution in [-0.2, 0) is 0 Å². The summed E-state index contributed by atoms with van der Waals surface area (Å²) in [6.45, 7) is 4.28. The van der Waals surface area contributed by atoms with Gasteiger partial charge in [-0.3, -0.25) is 4.79 Å². The first-order valence-electron chi connectivity index (χ1n) is 6.53. The smallest absolute Gasteiger partial charge is 0.248 e. The fourth-order valence-electron chi connectivity index (χ4n) is 1.95. The number of amides is 1. The molecule has 2 aromatic carbocycles. The average molecular weight is 269 g/mol. The minimum atomic E-state index is -0.469. The van der Waals surface area contributed by atoms with Gasteiger partial charge in [0.2, 0.25) is 5.91 Å². The van der Waals surface area contributed by atoms with Gasteiger partial charge in [-0.1, -0.05) is 26.0 Å². The molecule has 0 saturated carbocycles. The summed E-state index contributed by atoms with van der Waals surface area (Å²) in [6, 6.07) is 13.1. The van der Waals surface area contributed by atoms with Gasteiger partial charge in [0.25, 0.3) is 0 Å². The minimum Gasteiger partial charge on any atom is -0.397 e. The highest BCUT2D eigenvalue weighted by molar-refractivity contribution is 5.95. The number of carbonyl (C=O) groups excluding carboxylic acids is 1. The van der Waals surface area contributed by atoms with Crippen LogP contribution in [0.3, 0.4) is 0 Å². The number of rotatable bonds is 4. The first kappa shape index (κ1) is 13.9. The Bertz CT molecular complexity index is 635. The Kier molecular flexibility index (Phi) is 3.94. The van der Waals surface area contributed by atoms with E-state index in [1.54, 1.807) is 18.2 Å². The summed E-state index contributed by atoms with van der Waals surface area (Å²) in [6.07, 6.45) is 0. The van der Waals surface area contributed by atoms with E-state index < -0.39 is 5.91 Å². The Balaban J connectivity index is 2.32. The van der Waals surface area contributed by atoms with E-state index in [0.29, 0.717) is 22.9 Å². The predicted octanol–water partition coefficient (Wildman–Crippen LogP) is 3.23. The van der Waals surface area contributed by atoms with E-state index in [-0.39, 0.29) is 0 Å². The first-order valence-corrected chi connectivity index (χ1v) is 6.53. The van der Waals surface area contributed by atoms with E-state index in [1.807, 2.05) is 12.1 Å². The summed E-state index contributed by atoms with van der Waals surface area (Å²) in [5, 5.41) is 3.23. The summed E-state index contributed by atoms with van der Waals surface area (Å²) < 4.78 is 0. The molecule has 0 aliphatic carbocycles. The number of nitrogens with one attached hydrogen (secondary N) is 1. The van der Waals surface area contributed by atoms with Gasteiger partial charge in [0, 0.05) is 11.3 Å². The second-order valence-electron chi connectivity index (χ2n) is 5.07. The number of primary amides is 1. The number of carbonyl (C=O) groups is 1. The lowest BCUT2D eigenvalue weighted by molar-refractivity contribution is 0.100. The van der Waals surface area contributed by atoms with Crippen molar-refractivity contribution in [1.82, 2.24) is 0 Å². The molecule has 1 amide bonds. The Labute approximate surface area is 118 Å². The third-order valence-corrected chi connectivity index (χ3v) is 3.17. The molecular weight excluding hydrogens is 250 g/mol. The molecule has 0 unspecified atom stereocenters.